The maximum absolute atomic E-state index is 12.9. The van der Waals surface area contributed by atoms with E-state index in [2.05, 4.69) is 20.4 Å². The standard InChI is InChI=1S/C15H15FN6/c1-10-6-18-15(21-14(10)17)19-7-11-8-20-22(9-11)13-4-2-12(16)3-5-13/h2-6,8-9H,7H2,1H3,(H3,17,18,19,21). The zero-order valence-electron chi connectivity index (χ0n) is 12.0. The van der Waals surface area contributed by atoms with E-state index < -0.39 is 0 Å². The smallest absolute Gasteiger partial charge is 0.224 e. The van der Waals surface area contributed by atoms with Gasteiger partial charge in [-0.05, 0) is 31.2 Å². The number of benzene rings is 1. The highest BCUT2D eigenvalue weighted by Crippen LogP contribution is 2.12. The normalized spacial score (nSPS) is 10.6. The molecule has 6 nitrogen and oxygen atoms in total. The Labute approximate surface area is 126 Å². The van der Waals surface area contributed by atoms with E-state index in [0.717, 1.165) is 16.8 Å². The summed E-state index contributed by atoms with van der Waals surface area (Å²) < 4.78 is 14.6. The van der Waals surface area contributed by atoms with Crippen LogP contribution in [0.25, 0.3) is 5.69 Å². The topological polar surface area (TPSA) is 81.7 Å². The first-order valence-electron chi connectivity index (χ1n) is 6.74. The van der Waals surface area contributed by atoms with Crippen molar-refractivity contribution in [2.75, 3.05) is 11.1 Å². The summed E-state index contributed by atoms with van der Waals surface area (Å²) in [6.45, 7) is 2.37. The van der Waals surface area contributed by atoms with E-state index in [1.807, 2.05) is 13.1 Å². The van der Waals surface area contributed by atoms with Crippen molar-refractivity contribution in [1.29, 1.82) is 0 Å². The molecule has 0 aliphatic rings. The molecule has 2 aromatic heterocycles. The Morgan fingerprint density at radius 1 is 1.23 bits per heavy atom. The molecule has 7 heteroatoms. The molecule has 0 spiro atoms. The van der Waals surface area contributed by atoms with E-state index in [1.54, 1.807) is 29.2 Å². The Hall–Kier alpha value is -2.96. The first-order valence-corrected chi connectivity index (χ1v) is 6.74. The van der Waals surface area contributed by atoms with Gasteiger partial charge in [-0.15, -0.1) is 0 Å². The quantitative estimate of drug-likeness (QED) is 0.772. The molecule has 1 aromatic carbocycles. The van der Waals surface area contributed by atoms with Crippen molar-refractivity contribution >= 4 is 11.8 Å². The fraction of sp³-hybridized carbons (Fsp3) is 0.133. The number of aryl methyl sites for hydroxylation is 1. The Kier molecular flexibility index (Phi) is 3.69. The van der Waals surface area contributed by atoms with E-state index in [-0.39, 0.29) is 5.82 Å². The molecular formula is C15H15FN6. The van der Waals surface area contributed by atoms with Crippen LogP contribution in [0.3, 0.4) is 0 Å². The van der Waals surface area contributed by atoms with Crippen molar-refractivity contribution in [2.45, 2.75) is 13.5 Å². The molecule has 3 aromatic rings. The number of hydrogen-bond acceptors (Lipinski definition) is 5. The van der Waals surface area contributed by atoms with E-state index in [0.29, 0.717) is 18.3 Å². The molecule has 0 aliphatic carbocycles. The summed E-state index contributed by atoms with van der Waals surface area (Å²) in [6, 6.07) is 6.14. The van der Waals surface area contributed by atoms with Crippen molar-refractivity contribution in [3.63, 3.8) is 0 Å². The predicted molar refractivity (Wildman–Crippen MR) is 82.0 cm³/mol. The van der Waals surface area contributed by atoms with E-state index in [1.165, 1.54) is 12.1 Å². The summed E-state index contributed by atoms with van der Waals surface area (Å²) in [6.07, 6.45) is 5.26. The third-order valence-corrected chi connectivity index (χ3v) is 3.19. The lowest BCUT2D eigenvalue weighted by molar-refractivity contribution is 0.627. The minimum Gasteiger partial charge on any atom is -0.383 e. The molecule has 3 N–H and O–H groups in total. The summed E-state index contributed by atoms with van der Waals surface area (Å²) in [4.78, 5) is 8.31. The Bertz CT molecular complexity index is 781. The van der Waals surface area contributed by atoms with Crippen LogP contribution in [0, 0.1) is 12.7 Å². The molecule has 0 fully saturated rings. The molecule has 0 saturated carbocycles. The van der Waals surface area contributed by atoms with Crippen LogP contribution in [0.1, 0.15) is 11.1 Å². The minimum atomic E-state index is -0.271. The molecular weight excluding hydrogens is 283 g/mol. The molecule has 3 rings (SSSR count). The van der Waals surface area contributed by atoms with Crippen molar-refractivity contribution in [3.8, 4) is 5.69 Å². The molecule has 0 bridgehead atoms. The van der Waals surface area contributed by atoms with Gasteiger partial charge in [0.15, 0.2) is 0 Å². The molecule has 0 amide bonds. The van der Waals surface area contributed by atoms with Crippen LogP contribution in [0.5, 0.6) is 0 Å². The Morgan fingerprint density at radius 2 is 2.00 bits per heavy atom. The number of anilines is 2. The average Bonchev–Trinajstić information content (AvgIpc) is 2.98. The zero-order chi connectivity index (χ0) is 15.5. The average molecular weight is 298 g/mol. The fourth-order valence-corrected chi connectivity index (χ4v) is 1.91. The van der Waals surface area contributed by atoms with Gasteiger partial charge in [0.1, 0.15) is 11.6 Å². The van der Waals surface area contributed by atoms with Gasteiger partial charge in [-0.25, -0.2) is 14.1 Å². The van der Waals surface area contributed by atoms with Crippen LogP contribution in [0.15, 0.2) is 42.9 Å². The Morgan fingerprint density at radius 3 is 2.73 bits per heavy atom. The van der Waals surface area contributed by atoms with Gasteiger partial charge in [-0.2, -0.15) is 10.1 Å². The number of hydrogen-bond donors (Lipinski definition) is 2. The highest BCUT2D eigenvalue weighted by Gasteiger charge is 2.04. The third kappa shape index (κ3) is 3.03. The lowest BCUT2D eigenvalue weighted by atomic mass is 10.3. The van der Waals surface area contributed by atoms with Crippen LogP contribution in [-0.4, -0.2) is 19.7 Å². The summed E-state index contributed by atoms with van der Waals surface area (Å²) in [7, 11) is 0. The lowest BCUT2D eigenvalue weighted by Crippen LogP contribution is -2.05. The van der Waals surface area contributed by atoms with Crippen molar-refractivity contribution in [2.24, 2.45) is 0 Å². The van der Waals surface area contributed by atoms with Gasteiger partial charge >= 0.3 is 0 Å². The van der Waals surface area contributed by atoms with Gasteiger partial charge in [0.05, 0.1) is 11.9 Å². The largest absolute Gasteiger partial charge is 0.383 e. The number of halogens is 1. The first kappa shape index (κ1) is 14.0. The maximum Gasteiger partial charge on any atom is 0.224 e. The van der Waals surface area contributed by atoms with Crippen LogP contribution >= 0.6 is 0 Å². The number of nitrogens with zero attached hydrogens (tertiary/aromatic N) is 4. The molecule has 0 unspecified atom stereocenters. The number of rotatable bonds is 4. The maximum atomic E-state index is 12.9. The molecule has 0 radical (unpaired) electrons. The van der Waals surface area contributed by atoms with Gasteiger partial charge in [0.25, 0.3) is 0 Å². The molecule has 22 heavy (non-hydrogen) atoms. The lowest BCUT2D eigenvalue weighted by Gasteiger charge is -2.05. The van der Waals surface area contributed by atoms with Gasteiger partial charge in [-0.3, -0.25) is 0 Å². The summed E-state index contributed by atoms with van der Waals surface area (Å²) >= 11 is 0. The van der Waals surface area contributed by atoms with Crippen molar-refractivity contribution in [1.82, 2.24) is 19.7 Å². The van der Waals surface area contributed by atoms with Crippen molar-refractivity contribution < 1.29 is 4.39 Å². The number of nitrogen functional groups attached to an aromatic ring is 1. The highest BCUT2D eigenvalue weighted by molar-refractivity contribution is 5.42. The molecule has 0 saturated heterocycles. The SMILES string of the molecule is Cc1cnc(NCc2cnn(-c3ccc(F)cc3)c2)nc1N. The van der Waals surface area contributed by atoms with Gasteiger partial charge in [-0.1, -0.05) is 0 Å². The summed E-state index contributed by atoms with van der Waals surface area (Å²) in [5, 5.41) is 7.34. The second-order valence-electron chi connectivity index (χ2n) is 4.88. The highest BCUT2D eigenvalue weighted by atomic mass is 19.1. The van der Waals surface area contributed by atoms with E-state index in [9.17, 15) is 4.39 Å². The number of nitrogens with one attached hydrogen (secondary N) is 1. The third-order valence-electron chi connectivity index (χ3n) is 3.19. The zero-order valence-corrected chi connectivity index (χ0v) is 12.0. The second kappa shape index (κ2) is 5.80. The number of nitrogens with two attached hydrogens (primary N) is 1. The molecule has 0 aliphatic heterocycles. The van der Waals surface area contributed by atoms with Crippen LogP contribution in [0.4, 0.5) is 16.2 Å². The summed E-state index contributed by atoms with van der Waals surface area (Å²) in [5.41, 5.74) is 8.33. The van der Waals surface area contributed by atoms with Crippen LogP contribution < -0.4 is 11.1 Å². The first-order chi connectivity index (χ1) is 10.6. The predicted octanol–water partition coefficient (Wildman–Crippen LogP) is 2.30. The van der Waals surface area contributed by atoms with Crippen molar-refractivity contribution in [3.05, 3.63) is 59.8 Å². The molecule has 112 valence electrons. The minimum absolute atomic E-state index is 0.271. The van der Waals surface area contributed by atoms with Gasteiger partial charge in [0, 0.05) is 30.1 Å². The number of aromatic nitrogens is 4. The van der Waals surface area contributed by atoms with Crippen LogP contribution in [-0.2, 0) is 6.54 Å². The fourth-order valence-electron chi connectivity index (χ4n) is 1.91. The summed E-state index contributed by atoms with van der Waals surface area (Å²) in [5.74, 6) is 0.657. The molecule has 2 heterocycles. The Balaban J connectivity index is 1.69. The monoisotopic (exact) mass is 298 g/mol. The van der Waals surface area contributed by atoms with Gasteiger partial charge in [0.2, 0.25) is 5.95 Å². The molecule has 0 atom stereocenters. The second-order valence-corrected chi connectivity index (χ2v) is 4.88. The van der Waals surface area contributed by atoms with E-state index >= 15 is 0 Å². The van der Waals surface area contributed by atoms with Gasteiger partial charge < -0.3 is 11.1 Å². The van der Waals surface area contributed by atoms with Crippen LogP contribution in [0.2, 0.25) is 0 Å². The van der Waals surface area contributed by atoms with E-state index in [4.69, 9.17) is 5.73 Å².